The molecule has 2 aromatic rings. The third kappa shape index (κ3) is 4.65. The van der Waals surface area contributed by atoms with E-state index in [4.69, 9.17) is 9.15 Å². The average molecular weight is 339 g/mol. The van der Waals surface area contributed by atoms with Crippen molar-refractivity contribution in [2.24, 2.45) is 0 Å². The molecule has 20 heavy (non-hydrogen) atoms. The van der Waals surface area contributed by atoms with E-state index in [0.29, 0.717) is 19.0 Å². The first-order valence-electron chi connectivity index (χ1n) is 6.49. The Labute approximate surface area is 127 Å². The second kappa shape index (κ2) is 6.41. The van der Waals surface area contributed by atoms with Crippen LogP contribution in [0.1, 0.15) is 32.1 Å². The maximum atomic E-state index is 5.74. The normalized spacial score (nSPS) is 11.6. The Morgan fingerprint density at radius 1 is 1.40 bits per heavy atom. The van der Waals surface area contributed by atoms with Crippen molar-refractivity contribution in [3.05, 3.63) is 46.5 Å². The first kappa shape index (κ1) is 15.1. The highest BCUT2D eigenvalue weighted by Crippen LogP contribution is 2.21. The van der Waals surface area contributed by atoms with E-state index in [9.17, 15) is 0 Å². The van der Waals surface area contributed by atoms with Gasteiger partial charge in [0.25, 0.3) is 0 Å². The molecule has 0 aliphatic carbocycles. The lowest BCUT2D eigenvalue weighted by Gasteiger charge is -2.21. The third-order valence-corrected chi connectivity index (χ3v) is 3.07. The predicted molar refractivity (Wildman–Crippen MR) is 81.6 cm³/mol. The average Bonchev–Trinajstić information content (AvgIpc) is 2.87. The van der Waals surface area contributed by atoms with E-state index in [1.807, 2.05) is 18.2 Å². The monoisotopic (exact) mass is 338 g/mol. The number of halogens is 1. The van der Waals surface area contributed by atoms with Crippen LogP contribution in [-0.4, -0.2) is 10.5 Å². The molecule has 2 heterocycles. The molecule has 1 N–H and O–H groups in total. The maximum Gasteiger partial charge on any atom is 0.218 e. The fraction of sp³-hybridized carbons (Fsp3) is 0.400. The highest BCUT2D eigenvalue weighted by Gasteiger charge is 2.13. The molecule has 0 spiro atoms. The smallest absolute Gasteiger partial charge is 0.218 e. The summed E-state index contributed by atoms with van der Waals surface area (Å²) in [6, 6.07) is 5.74. The quantitative estimate of drug-likeness (QED) is 0.897. The van der Waals surface area contributed by atoms with Gasteiger partial charge in [-0.3, -0.25) is 0 Å². The molecule has 4 nitrogen and oxygen atoms in total. The van der Waals surface area contributed by atoms with Crippen molar-refractivity contribution >= 4 is 15.9 Å². The van der Waals surface area contributed by atoms with Gasteiger partial charge in [-0.05, 0) is 54.9 Å². The minimum atomic E-state index is 0.0423. The molecule has 5 heteroatoms. The van der Waals surface area contributed by atoms with E-state index in [0.717, 1.165) is 15.8 Å². The van der Waals surface area contributed by atoms with Crippen molar-refractivity contribution in [2.45, 2.75) is 39.5 Å². The van der Waals surface area contributed by atoms with Crippen LogP contribution >= 0.6 is 15.9 Å². The molecule has 0 aromatic carbocycles. The molecule has 0 amide bonds. The van der Waals surface area contributed by atoms with Crippen LogP contribution in [0, 0.1) is 0 Å². The zero-order chi connectivity index (χ0) is 14.6. The standard InChI is InChI=1S/C15H19BrN2O2/c1-15(2,3)18-8-11-7-12(16)9-17-14(11)20-10-13-5-4-6-19-13/h4-7,9,18H,8,10H2,1-3H3. The van der Waals surface area contributed by atoms with Gasteiger partial charge in [-0.2, -0.15) is 0 Å². The van der Waals surface area contributed by atoms with Crippen molar-refractivity contribution in [1.29, 1.82) is 0 Å². The molecule has 0 atom stereocenters. The largest absolute Gasteiger partial charge is 0.469 e. The zero-order valence-corrected chi connectivity index (χ0v) is 13.5. The van der Waals surface area contributed by atoms with Gasteiger partial charge in [-0.25, -0.2) is 4.98 Å². The van der Waals surface area contributed by atoms with E-state index in [1.54, 1.807) is 12.5 Å². The Kier molecular flexibility index (Phi) is 4.83. The minimum Gasteiger partial charge on any atom is -0.469 e. The second-order valence-electron chi connectivity index (χ2n) is 5.59. The van der Waals surface area contributed by atoms with Gasteiger partial charge in [0.15, 0.2) is 0 Å². The summed E-state index contributed by atoms with van der Waals surface area (Å²) >= 11 is 3.44. The topological polar surface area (TPSA) is 47.3 Å². The highest BCUT2D eigenvalue weighted by atomic mass is 79.9. The number of hydrogen-bond donors (Lipinski definition) is 1. The Balaban J connectivity index is 2.07. The summed E-state index contributed by atoms with van der Waals surface area (Å²) in [6.07, 6.45) is 3.37. The van der Waals surface area contributed by atoms with Crippen LogP contribution in [0.4, 0.5) is 0 Å². The molecule has 2 aromatic heterocycles. The Morgan fingerprint density at radius 3 is 2.85 bits per heavy atom. The number of nitrogens with one attached hydrogen (secondary N) is 1. The fourth-order valence-corrected chi connectivity index (χ4v) is 2.00. The lowest BCUT2D eigenvalue weighted by molar-refractivity contribution is 0.256. The number of ether oxygens (including phenoxy) is 1. The van der Waals surface area contributed by atoms with Crippen molar-refractivity contribution in [3.8, 4) is 5.88 Å². The summed E-state index contributed by atoms with van der Waals surface area (Å²) in [4.78, 5) is 4.33. The van der Waals surface area contributed by atoms with E-state index >= 15 is 0 Å². The molecule has 0 radical (unpaired) electrons. The molecular weight excluding hydrogens is 320 g/mol. The Morgan fingerprint density at radius 2 is 2.20 bits per heavy atom. The minimum absolute atomic E-state index is 0.0423. The van der Waals surface area contributed by atoms with Gasteiger partial charge in [0.05, 0.1) is 6.26 Å². The van der Waals surface area contributed by atoms with Gasteiger partial charge in [0.2, 0.25) is 5.88 Å². The van der Waals surface area contributed by atoms with Gasteiger partial charge in [-0.1, -0.05) is 0 Å². The van der Waals surface area contributed by atoms with Crippen LogP contribution in [0.25, 0.3) is 0 Å². The lowest BCUT2D eigenvalue weighted by atomic mass is 10.1. The van der Waals surface area contributed by atoms with Crippen molar-refractivity contribution in [1.82, 2.24) is 10.3 Å². The van der Waals surface area contributed by atoms with Gasteiger partial charge in [-0.15, -0.1) is 0 Å². The maximum absolute atomic E-state index is 5.74. The molecule has 0 fully saturated rings. The summed E-state index contributed by atoms with van der Waals surface area (Å²) in [5.41, 5.74) is 1.06. The van der Waals surface area contributed by atoms with Crippen molar-refractivity contribution in [3.63, 3.8) is 0 Å². The molecule has 0 saturated heterocycles. The summed E-state index contributed by atoms with van der Waals surface area (Å²) in [5.74, 6) is 1.41. The first-order chi connectivity index (χ1) is 9.44. The Hall–Kier alpha value is -1.33. The van der Waals surface area contributed by atoms with E-state index in [-0.39, 0.29) is 5.54 Å². The Bertz CT molecular complexity index is 547. The molecule has 0 bridgehead atoms. The van der Waals surface area contributed by atoms with E-state index < -0.39 is 0 Å². The number of nitrogens with zero attached hydrogens (tertiary/aromatic N) is 1. The number of pyridine rings is 1. The number of hydrogen-bond acceptors (Lipinski definition) is 4. The molecular formula is C15H19BrN2O2. The van der Waals surface area contributed by atoms with Gasteiger partial charge in [0.1, 0.15) is 12.4 Å². The summed E-state index contributed by atoms with van der Waals surface area (Å²) in [7, 11) is 0. The third-order valence-electron chi connectivity index (χ3n) is 2.63. The summed E-state index contributed by atoms with van der Waals surface area (Å²) in [5, 5.41) is 3.43. The van der Waals surface area contributed by atoms with Crippen LogP contribution in [0.5, 0.6) is 5.88 Å². The zero-order valence-electron chi connectivity index (χ0n) is 11.9. The van der Waals surface area contributed by atoms with Crippen LogP contribution in [0.2, 0.25) is 0 Å². The van der Waals surface area contributed by atoms with Crippen LogP contribution < -0.4 is 10.1 Å². The van der Waals surface area contributed by atoms with Crippen LogP contribution in [0.15, 0.2) is 39.5 Å². The number of furan rings is 1. The fourth-order valence-electron chi connectivity index (χ4n) is 1.62. The van der Waals surface area contributed by atoms with E-state index in [2.05, 4.69) is 47.0 Å². The van der Waals surface area contributed by atoms with Crippen LogP contribution in [-0.2, 0) is 13.2 Å². The van der Waals surface area contributed by atoms with Crippen LogP contribution in [0.3, 0.4) is 0 Å². The number of rotatable bonds is 5. The van der Waals surface area contributed by atoms with E-state index in [1.165, 1.54) is 0 Å². The lowest BCUT2D eigenvalue weighted by Crippen LogP contribution is -2.35. The first-order valence-corrected chi connectivity index (χ1v) is 7.28. The molecule has 0 unspecified atom stereocenters. The van der Waals surface area contributed by atoms with Crippen molar-refractivity contribution < 1.29 is 9.15 Å². The second-order valence-corrected chi connectivity index (χ2v) is 6.51. The molecule has 108 valence electrons. The summed E-state index contributed by atoms with van der Waals surface area (Å²) < 4.78 is 11.9. The van der Waals surface area contributed by atoms with Gasteiger partial charge >= 0.3 is 0 Å². The summed E-state index contributed by atoms with van der Waals surface area (Å²) in [6.45, 7) is 7.46. The molecule has 0 aliphatic heterocycles. The molecule has 2 rings (SSSR count). The van der Waals surface area contributed by atoms with Gasteiger partial charge in [0, 0.05) is 28.3 Å². The predicted octanol–water partition coefficient (Wildman–Crippen LogP) is 3.90. The highest BCUT2D eigenvalue weighted by molar-refractivity contribution is 9.10. The SMILES string of the molecule is CC(C)(C)NCc1cc(Br)cnc1OCc1ccco1. The van der Waals surface area contributed by atoms with Gasteiger partial charge < -0.3 is 14.5 Å². The molecule has 0 saturated carbocycles. The molecule has 0 aliphatic rings. The van der Waals surface area contributed by atoms with Crippen molar-refractivity contribution in [2.75, 3.05) is 0 Å². The number of aromatic nitrogens is 1.